The van der Waals surface area contributed by atoms with Crippen LogP contribution < -0.4 is 10.6 Å². The molecule has 0 bridgehead atoms. The topological polar surface area (TPSA) is 96.7 Å². The first-order chi connectivity index (χ1) is 17.3. The summed E-state index contributed by atoms with van der Waals surface area (Å²) >= 11 is 0. The van der Waals surface area contributed by atoms with Crippen LogP contribution in [0, 0.1) is 28.8 Å². The van der Waals surface area contributed by atoms with E-state index in [1.165, 1.54) is 30.7 Å². The van der Waals surface area contributed by atoms with Gasteiger partial charge >= 0.3 is 0 Å². The number of imidazole rings is 1. The van der Waals surface area contributed by atoms with Crippen molar-refractivity contribution in [3.8, 4) is 28.6 Å². The normalized spacial score (nSPS) is 14.6. The predicted octanol–water partition coefficient (Wildman–Crippen LogP) is 4.96. The standard InChI is InChI=1S/C26H24F3N7/c1-14(2)36-13-33-20-10-18(22(28)23(29)26(20)36)25-24(15-3-4-16(11-30)19(27)9-15)34-21(12-32-25)35-7-5-17(31)6-8-35/h3-4,9-10,12-14,17H,5-8,31H2,1-2H3. The number of halogens is 3. The number of benzene rings is 2. The first-order valence-corrected chi connectivity index (χ1v) is 11.7. The van der Waals surface area contributed by atoms with Crippen LogP contribution in [0.1, 0.15) is 38.3 Å². The van der Waals surface area contributed by atoms with Gasteiger partial charge < -0.3 is 15.2 Å². The largest absolute Gasteiger partial charge is 0.355 e. The summed E-state index contributed by atoms with van der Waals surface area (Å²) in [6, 6.07) is 7.20. The van der Waals surface area contributed by atoms with Crippen LogP contribution in [0.3, 0.4) is 0 Å². The second-order valence-corrected chi connectivity index (χ2v) is 9.22. The molecule has 1 aliphatic heterocycles. The Morgan fingerprint density at radius 2 is 1.81 bits per heavy atom. The quantitative estimate of drug-likeness (QED) is 0.434. The van der Waals surface area contributed by atoms with E-state index < -0.39 is 17.5 Å². The average molecular weight is 492 g/mol. The van der Waals surface area contributed by atoms with Gasteiger partial charge in [-0.05, 0) is 44.9 Å². The Balaban J connectivity index is 1.71. The second-order valence-electron chi connectivity index (χ2n) is 9.22. The van der Waals surface area contributed by atoms with Crippen molar-refractivity contribution < 1.29 is 13.2 Å². The highest BCUT2D eigenvalue weighted by Gasteiger charge is 2.25. The van der Waals surface area contributed by atoms with Gasteiger partial charge in [0.25, 0.3) is 0 Å². The number of hydrogen-bond donors (Lipinski definition) is 1. The summed E-state index contributed by atoms with van der Waals surface area (Å²) in [5.74, 6) is -2.35. The first kappa shape index (κ1) is 23.8. The van der Waals surface area contributed by atoms with Gasteiger partial charge in [0.2, 0.25) is 0 Å². The maximum Gasteiger partial charge on any atom is 0.185 e. The number of aromatic nitrogens is 4. The van der Waals surface area contributed by atoms with Crippen molar-refractivity contribution in [1.29, 1.82) is 5.26 Å². The number of piperidine rings is 1. The molecule has 36 heavy (non-hydrogen) atoms. The van der Waals surface area contributed by atoms with Crippen molar-refractivity contribution in [1.82, 2.24) is 19.5 Å². The van der Waals surface area contributed by atoms with E-state index in [1.54, 1.807) is 10.6 Å². The van der Waals surface area contributed by atoms with Gasteiger partial charge in [0.05, 0.1) is 35.0 Å². The SMILES string of the molecule is CC(C)n1cnc2cc(-c3ncc(N4CCC(N)CC4)nc3-c3ccc(C#N)c(F)c3)c(F)c(F)c21. The number of nitrogens with zero attached hydrogens (tertiary/aromatic N) is 6. The molecule has 0 radical (unpaired) electrons. The zero-order valence-electron chi connectivity index (χ0n) is 19.8. The number of nitriles is 1. The van der Waals surface area contributed by atoms with Crippen LogP contribution in [0.4, 0.5) is 19.0 Å². The monoisotopic (exact) mass is 491 g/mol. The fourth-order valence-corrected chi connectivity index (χ4v) is 4.51. The summed E-state index contributed by atoms with van der Waals surface area (Å²) in [6.07, 6.45) is 4.52. The molecule has 1 saturated heterocycles. The molecule has 7 nitrogen and oxygen atoms in total. The minimum atomic E-state index is -1.09. The number of nitrogens with two attached hydrogens (primary N) is 1. The molecule has 5 rings (SSSR count). The highest BCUT2D eigenvalue weighted by atomic mass is 19.2. The van der Waals surface area contributed by atoms with Crippen LogP contribution in [0.2, 0.25) is 0 Å². The van der Waals surface area contributed by atoms with Gasteiger partial charge in [-0.25, -0.2) is 28.1 Å². The average Bonchev–Trinajstić information content (AvgIpc) is 3.31. The number of rotatable bonds is 4. The molecule has 0 aliphatic carbocycles. The lowest BCUT2D eigenvalue weighted by Gasteiger charge is -2.31. The molecule has 184 valence electrons. The molecule has 0 amide bonds. The summed E-state index contributed by atoms with van der Waals surface area (Å²) in [7, 11) is 0. The zero-order valence-corrected chi connectivity index (χ0v) is 19.8. The van der Waals surface area contributed by atoms with Gasteiger partial charge in [-0.3, -0.25) is 0 Å². The fraction of sp³-hybridized carbons (Fsp3) is 0.308. The van der Waals surface area contributed by atoms with Crippen molar-refractivity contribution in [3.63, 3.8) is 0 Å². The van der Waals surface area contributed by atoms with Crippen molar-refractivity contribution in [2.45, 2.75) is 38.8 Å². The van der Waals surface area contributed by atoms with E-state index in [0.717, 1.165) is 18.9 Å². The summed E-state index contributed by atoms with van der Waals surface area (Å²) in [5.41, 5.74) is 6.60. The van der Waals surface area contributed by atoms with Crippen LogP contribution in [0.15, 0.2) is 36.8 Å². The molecule has 2 aromatic carbocycles. The van der Waals surface area contributed by atoms with Crippen LogP contribution >= 0.6 is 0 Å². The van der Waals surface area contributed by atoms with E-state index in [4.69, 9.17) is 16.0 Å². The van der Waals surface area contributed by atoms with Gasteiger partial charge in [0, 0.05) is 36.3 Å². The lowest BCUT2D eigenvalue weighted by Crippen LogP contribution is -2.40. The lowest BCUT2D eigenvalue weighted by molar-refractivity contribution is 0.498. The molecular weight excluding hydrogens is 467 g/mol. The van der Waals surface area contributed by atoms with Crippen molar-refractivity contribution in [3.05, 3.63) is 59.8 Å². The van der Waals surface area contributed by atoms with E-state index in [-0.39, 0.29) is 51.2 Å². The number of fused-ring (bicyclic) bond motifs is 1. The van der Waals surface area contributed by atoms with E-state index >= 15 is 8.78 Å². The molecule has 3 heterocycles. The Kier molecular flexibility index (Phi) is 6.10. The molecule has 1 fully saturated rings. The molecule has 0 unspecified atom stereocenters. The highest BCUT2D eigenvalue weighted by molar-refractivity contribution is 5.87. The van der Waals surface area contributed by atoms with E-state index in [0.29, 0.717) is 18.9 Å². The van der Waals surface area contributed by atoms with Gasteiger partial charge in [-0.2, -0.15) is 5.26 Å². The second kappa shape index (κ2) is 9.24. The van der Waals surface area contributed by atoms with Crippen LogP contribution in [-0.2, 0) is 0 Å². The maximum absolute atomic E-state index is 15.5. The van der Waals surface area contributed by atoms with Crippen LogP contribution in [0.5, 0.6) is 0 Å². The Bertz CT molecular complexity index is 1500. The summed E-state index contributed by atoms with van der Waals surface area (Å²) in [4.78, 5) is 15.5. The molecule has 1 aliphatic rings. The van der Waals surface area contributed by atoms with Crippen LogP contribution in [-0.4, -0.2) is 38.7 Å². The third-order valence-corrected chi connectivity index (χ3v) is 6.54. The van der Waals surface area contributed by atoms with Crippen molar-refractivity contribution in [2.24, 2.45) is 5.73 Å². The lowest BCUT2D eigenvalue weighted by atomic mass is 10.0. The minimum Gasteiger partial charge on any atom is -0.355 e. The molecule has 4 aromatic rings. The molecule has 10 heteroatoms. The summed E-state index contributed by atoms with van der Waals surface area (Å²) < 4.78 is 46.9. The van der Waals surface area contributed by atoms with Gasteiger partial charge in [0.15, 0.2) is 11.6 Å². The van der Waals surface area contributed by atoms with Gasteiger partial charge in [-0.15, -0.1) is 0 Å². The summed E-state index contributed by atoms with van der Waals surface area (Å²) in [5, 5.41) is 9.12. The Morgan fingerprint density at radius 3 is 2.47 bits per heavy atom. The molecular formula is C26H24F3N7. The fourth-order valence-electron chi connectivity index (χ4n) is 4.51. The molecule has 0 spiro atoms. The smallest absolute Gasteiger partial charge is 0.185 e. The van der Waals surface area contributed by atoms with Gasteiger partial charge in [-0.1, -0.05) is 6.07 Å². The zero-order chi connectivity index (χ0) is 25.6. The number of anilines is 1. The third kappa shape index (κ3) is 4.05. The molecule has 0 saturated carbocycles. The van der Waals surface area contributed by atoms with Crippen molar-refractivity contribution >= 4 is 16.9 Å². The Labute approximate surface area is 206 Å². The summed E-state index contributed by atoms with van der Waals surface area (Å²) in [6.45, 7) is 5.03. The number of hydrogen-bond acceptors (Lipinski definition) is 6. The van der Waals surface area contributed by atoms with E-state index in [9.17, 15) is 4.39 Å². The highest BCUT2D eigenvalue weighted by Crippen LogP contribution is 2.36. The Morgan fingerprint density at radius 1 is 1.06 bits per heavy atom. The van der Waals surface area contributed by atoms with Gasteiger partial charge in [0.1, 0.15) is 23.2 Å². The van der Waals surface area contributed by atoms with Crippen LogP contribution in [0.25, 0.3) is 33.5 Å². The van der Waals surface area contributed by atoms with E-state index in [1.807, 2.05) is 18.7 Å². The van der Waals surface area contributed by atoms with Crippen molar-refractivity contribution in [2.75, 3.05) is 18.0 Å². The Hall–Kier alpha value is -3.97. The molecule has 2 aromatic heterocycles. The first-order valence-electron chi connectivity index (χ1n) is 11.7. The third-order valence-electron chi connectivity index (χ3n) is 6.54. The maximum atomic E-state index is 15.5. The minimum absolute atomic E-state index is 0.0500. The predicted molar refractivity (Wildman–Crippen MR) is 131 cm³/mol. The molecule has 0 atom stereocenters. The van der Waals surface area contributed by atoms with E-state index in [2.05, 4.69) is 9.97 Å². The molecule has 2 N–H and O–H groups in total.